The molecule has 1 heteroatoms. The average molecular weight is 183 g/mol. The maximum atomic E-state index is 2.70. The second kappa shape index (κ2) is 4.00. The zero-order chi connectivity index (χ0) is 10.1. The molecule has 2 unspecified atom stereocenters. The van der Waals surface area contributed by atoms with Crippen LogP contribution in [0.25, 0.3) is 0 Å². The molecule has 0 aliphatic carbocycles. The first-order valence-corrected chi connectivity index (χ1v) is 5.77. The SMILES string of the molecule is CCC1CCN(C(C)(C)C)C1CC. The maximum absolute atomic E-state index is 2.70. The van der Waals surface area contributed by atoms with Gasteiger partial charge in [0.2, 0.25) is 0 Å². The average Bonchev–Trinajstić information content (AvgIpc) is 2.45. The molecule has 1 heterocycles. The fourth-order valence-electron chi connectivity index (χ4n) is 2.78. The van der Waals surface area contributed by atoms with E-state index in [0.717, 1.165) is 12.0 Å². The third-order valence-electron chi connectivity index (χ3n) is 3.49. The molecule has 0 aromatic heterocycles. The van der Waals surface area contributed by atoms with Gasteiger partial charge in [0.05, 0.1) is 0 Å². The van der Waals surface area contributed by atoms with Crippen molar-refractivity contribution >= 4 is 0 Å². The van der Waals surface area contributed by atoms with Gasteiger partial charge in [-0.2, -0.15) is 0 Å². The van der Waals surface area contributed by atoms with Gasteiger partial charge >= 0.3 is 0 Å². The van der Waals surface area contributed by atoms with Crippen molar-refractivity contribution < 1.29 is 0 Å². The Kier molecular flexibility index (Phi) is 3.39. The van der Waals surface area contributed by atoms with E-state index in [4.69, 9.17) is 0 Å². The van der Waals surface area contributed by atoms with Crippen LogP contribution >= 0.6 is 0 Å². The van der Waals surface area contributed by atoms with Crippen LogP contribution in [0, 0.1) is 5.92 Å². The van der Waals surface area contributed by atoms with Crippen molar-refractivity contribution in [3.63, 3.8) is 0 Å². The normalized spacial score (nSPS) is 31.2. The molecule has 0 aromatic rings. The van der Waals surface area contributed by atoms with Crippen LogP contribution in [0.3, 0.4) is 0 Å². The Bertz CT molecular complexity index is 157. The molecule has 0 amide bonds. The summed E-state index contributed by atoms with van der Waals surface area (Å²) in [4.78, 5) is 2.70. The van der Waals surface area contributed by atoms with Gasteiger partial charge in [0.15, 0.2) is 0 Å². The minimum atomic E-state index is 0.366. The lowest BCUT2D eigenvalue weighted by atomic mass is 9.94. The van der Waals surface area contributed by atoms with E-state index in [9.17, 15) is 0 Å². The van der Waals surface area contributed by atoms with Crippen LogP contribution in [0.5, 0.6) is 0 Å². The van der Waals surface area contributed by atoms with Gasteiger partial charge in [-0.3, -0.25) is 4.90 Å². The number of hydrogen-bond acceptors (Lipinski definition) is 1. The molecule has 0 spiro atoms. The highest BCUT2D eigenvalue weighted by Crippen LogP contribution is 2.34. The molecule has 13 heavy (non-hydrogen) atoms. The molecule has 1 aliphatic heterocycles. The van der Waals surface area contributed by atoms with Crippen molar-refractivity contribution in [1.82, 2.24) is 4.90 Å². The highest BCUT2D eigenvalue weighted by Gasteiger charge is 2.37. The van der Waals surface area contributed by atoms with E-state index in [1.807, 2.05) is 0 Å². The van der Waals surface area contributed by atoms with E-state index in [-0.39, 0.29) is 0 Å². The molecule has 1 saturated heterocycles. The Hall–Kier alpha value is -0.0400. The molecule has 78 valence electrons. The Morgan fingerprint density at radius 3 is 2.15 bits per heavy atom. The molecule has 0 bridgehead atoms. The molecular weight excluding hydrogens is 158 g/mol. The highest BCUT2D eigenvalue weighted by molar-refractivity contribution is 4.91. The lowest BCUT2D eigenvalue weighted by Crippen LogP contribution is -2.45. The van der Waals surface area contributed by atoms with Gasteiger partial charge in [-0.15, -0.1) is 0 Å². The summed E-state index contributed by atoms with van der Waals surface area (Å²) < 4.78 is 0. The minimum absolute atomic E-state index is 0.366. The summed E-state index contributed by atoms with van der Waals surface area (Å²) in [6.07, 6.45) is 4.08. The number of rotatable bonds is 2. The third-order valence-corrected chi connectivity index (χ3v) is 3.49. The molecule has 1 rings (SSSR count). The quantitative estimate of drug-likeness (QED) is 0.635. The van der Waals surface area contributed by atoms with E-state index in [0.29, 0.717) is 5.54 Å². The Balaban J connectivity index is 2.68. The first-order chi connectivity index (χ1) is 6.00. The Morgan fingerprint density at radius 2 is 1.77 bits per heavy atom. The zero-order valence-electron chi connectivity index (χ0n) is 9.93. The summed E-state index contributed by atoms with van der Waals surface area (Å²) in [6, 6.07) is 0.838. The number of nitrogens with zero attached hydrogens (tertiary/aromatic N) is 1. The minimum Gasteiger partial charge on any atom is -0.295 e. The van der Waals surface area contributed by atoms with E-state index < -0.39 is 0 Å². The summed E-state index contributed by atoms with van der Waals surface area (Å²) in [7, 11) is 0. The van der Waals surface area contributed by atoms with Gasteiger partial charge in [0.25, 0.3) is 0 Å². The highest BCUT2D eigenvalue weighted by atomic mass is 15.2. The fourth-order valence-corrected chi connectivity index (χ4v) is 2.78. The first-order valence-electron chi connectivity index (χ1n) is 5.77. The number of likely N-dealkylation sites (tertiary alicyclic amines) is 1. The number of hydrogen-bond donors (Lipinski definition) is 0. The monoisotopic (exact) mass is 183 g/mol. The fraction of sp³-hybridized carbons (Fsp3) is 1.00. The molecule has 1 fully saturated rings. The van der Waals surface area contributed by atoms with E-state index in [1.54, 1.807) is 0 Å². The van der Waals surface area contributed by atoms with Crippen molar-refractivity contribution in [3.8, 4) is 0 Å². The van der Waals surface area contributed by atoms with Crippen LogP contribution in [0.1, 0.15) is 53.9 Å². The Labute approximate surface area is 83.5 Å². The van der Waals surface area contributed by atoms with Gasteiger partial charge in [0.1, 0.15) is 0 Å². The van der Waals surface area contributed by atoms with E-state index >= 15 is 0 Å². The lowest BCUT2D eigenvalue weighted by Gasteiger charge is -2.38. The van der Waals surface area contributed by atoms with Crippen molar-refractivity contribution in [2.24, 2.45) is 5.92 Å². The summed E-state index contributed by atoms with van der Waals surface area (Å²) in [5, 5.41) is 0. The predicted molar refractivity (Wildman–Crippen MR) is 58.9 cm³/mol. The van der Waals surface area contributed by atoms with Crippen molar-refractivity contribution in [2.45, 2.75) is 65.5 Å². The zero-order valence-corrected chi connectivity index (χ0v) is 9.93. The van der Waals surface area contributed by atoms with Gasteiger partial charge in [0, 0.05) is 11.6 Å². The molecule has 0 radical (unpaired) electrons. The van der Waals surface area contributed by atoms with E-state index in [2.05, 4.69) is 39.5 Å². The van der Waals surface area contributed by atoms with Gasteiger partial charge in [-0.1, -0.05) is 20.3 Å². The predicted octanol–water partition coefficient (Wildman–Crippen LogP) is 3.30. The van der Waals surface area contributed by atoms with Crippen LogP contribution in [0.4, 0.5) is 0 Å². The first kappa shape index (κ1) is 11.0. The van der Waals surface area contributed by atoms with Crippen LogP contribution < -0.4 is 0 Å². The summed E-state index contributed by atoms with van der Waals surface area (Å²) >= 11 is 0. The van der Waals surface area contributed by atoms with Crippen molar-refractivity contribution in [2.75, 3.05) is 6.54 Å². The van der Waals surface area contributed by atoms with Gasteiger partial charge in [-0.25, -0.2) is 0 Å². The lowest BCUT2D eigenvalue weighted by molar-refractivity contribution is 0.104. The Morgan fingerprint density at radius 1 is 1.15 bits per heavy atom. The molecule has 2 atom stereocenters. The van der Waals surface area contributed by atoms with Crippen molar-refractivity contribution in [3.05, 3.63) is 0 Å². The van der Waals surface area contributed by atoms with E-state index in [1.165, 1.54) is 25.8 Å². The molecule has 0 N–H and O–H groups in total. The second-order valence-electron chi connectivity index (χ2n) is 5.30. The second-order valence-corrected chi connectivity index (χ2v) is 5.30. The summed E-state index contributed by atoms with van der Waals surface area (Å²) in [5.74, 6) is 0.948. The smallest absolute Gasteiger partial charge is 0.0128 e. The van der Waals surface area contributed by atoms with Gasteiger partial charge in [-0.05, 0) is 46.1 Å². The van der Waals surface area contributed by atoms with Crippen molar-refractivity contribution in [1.29, 1.82) is 0 Å². The molecule has 0 saturated carbocycles. The third kappa shape index (κ3) is 2.25. The molecule has 1 aliphatic rings. The van der Waals surface area contributed by atoms with Crippen LogP contribution in [-0.2, 0) is 0 Å². The molecule has 0 aromatic carbocycles. The molecule has 1 nitrogen and oxygen atoms in total. The standard InChI is InChI=1S/C12H25N/c1-6-10-8-9-13(11(10)7-2)12(3,4)5/h10-11H,6-9H2,1-5H3. The largest absolute Gasteiger partial charge is 0.295 e. The topological polar surface area (TPSA) is 3.24 Å². The van der Waals surface area contributed by atoms with Crippen LogP contribution in [0.2, 0.25) is 0 Å². The summed E-state index contributed by atoms with van der Waals surface area (Å²) in [6.45, 7) is 13.0. The van der Waals surface area contributed by atoms with Gasteiger partial charge < -0.3 is 0 Å². The maximum Gasteiger partial charge on any atom is 0.0128 e. The van der Waals surface area contributed by atoms with Crippen LogP contribution in [0.15, 0.2) is 0 Å². The van der Waals surface area contributed by atoms with Crippen LogP contribution in [-0.4, -0.2) is 23.0 Å². The summed E-state index contributed by atoms with van der Waals surface area (Å²) in [5.41, 5.74) is 0.366. The molecular formula is C12H25N.